The van der Waals surface area contributed by atoms with Crippen LogP contribution >= 0.6 is 0 Å². The fourth-order valence-electron chi connectivity index (χ4n) is 3.30. The highest BCUT2D eigenvalue weighted by atomic mass is 15.1. The maximum atomic E-state index is 4.14. The molecule has 0 aliphatic heterocycles. The molecule has 0 spiro atoms. The van der Waals surface area contributed by atoms with E-state index in [0.29, 0.717) is 0 Å². The van der Waals surface area contributed by atoms with Gasteiger partial charge >= 0.3 is 0 Å². The van der Waals surface area contributed by atoms with Crippen LogP contribution in [0.5, 0.6) is 0 Å². The predicted molar refractivity (Wildman–Crippen MR) is 175 cm³/mol. The fraction of sp³-hybridized carbons (Fsp3) is 0.189. The molecule has 0 aliphatic rings. The molecule has 0 bridgehead atoms. The van der Waals surface area contributed by atoms with Crippen LogP contribution in [-0.4, -0.2) is 4.90 Å². The summed E-state index contributed by atoms with van der Waals surface area (Å²) < 4.78 is 0. The molecule has 0 saturated heterocycles. The third-order valence-corrected chi connectivity index (χ3v) is 5.28. The van der Waals surface area contributed by atoms with Crippen molar-refractivity contribution >= 4 is 12.2 Å². The van der Waals surface area contributed by atoms with Crippen LogP contribution in [-0.2, 0) is 0 Å². The third-order valence-electron chi connectivity index (χ3n) is 5.28. The zero-order valence-electron chi connectivity index (χ0n) is 24.8. The van der Waals surface area contributed by atoms with Gasteiger partial charge < -0.3 is 4.90 Å². The van der Waals surface area contributed by atoms with Crippen molar-refractivity contribution in [2.75, 3.05) is 0 Å². The summed E-state index contributed by atoms with van der Waals surface area (Å²) in [7, 11) is 0. The molecule has 0 aromatic heterocycles. The van der Waals surface area contributed by atoms with Gasteiger partial charge in [-0.15, -0.1) is 0 Å². The standard InChI is InChI=1S/C21H29N.C16H18/c1-16(2)10-13-19(7)22(20(8)14-11-17(3)4)21(9)15-12-18(5)6;1-5-15-13(3)11-9-7-8-10-12-14(4)16(15)6-2/h10-15H,1,3,7-8H2,2,4-6,9H3;5-12H,1-2H2,3-4H3/b13-10-,14-11-,21-15+;. The van der Waals surface area contributed by atoms with Crippen LogP contribution in [0.25, 0.3) is 12.2 Å². The van der Waals surface area contributed by atoms with E-state index in [0.717, 1.165) is 39.4 Å². The first-order valence-electron chi connectivity index (χ1n) is 12.7. The molecule has 1 rings (SSSR count). The largest absolute Gasteiger partial charge is 0.316 e. The quantitative estimate of drug-likeness (QED) is 0.286. The lowest BCUT2D eigenvalue weighted by molar-refractivity contribution is 0.565. The summed E-state index contributed by atoms with van der Waals surface area (Å²) in [5.41, 5.74) is 10.6. The van der Waals surface area contributed by atoms with Crippen molar-refractivity contribution in [3.05, 3.63) is 168 Å². The maximum absolute atomic E-state index is 4.14. The third kappa shape index (κ3) is 13.3. The molecule has 0 fully saturated rings. The van der Waals surface area contributed by atoms with Gasteiger partial charge in [0.2, 0.25) is 0 Å². The van der Waals surface area contributed by atoms with Crippen LogP contribution in [0.15, 0.2) is 146 Å². The number of rotatable bonds is 10. The Hall–Kier alpha value is -4.10. The van der Waals surface area contributed by atoms with Crippen molar-refractivity contribution in [2.24, 2.45) is 0 Å². The van der Waals surface area contributed by atoms with E-state index in [1.807, 2.05) is 86.4 Å². The van der Waals surface area contributed by atoms with E-state index >= 15 is 0 Å². The molecule has 0 N–H and O–H groups in total. The van der Waals surface area contributed by atoms with E-state index in [2.05, 4.69) is 91.5 Å². The highest BCUT2D eigenvalue weighted by molar-refractivity contribution is 5.67. The summed E-state index contributed by atoms with van der Waals surface area (Å²) >= 11 is 0. The number of nitrogens with zero attached hydrogens (tertiary/aromatic N) is 1. The van der Waals surface area contributed by atoms with E-state index in [9.17, 15) is 0 Å². The van der Waals surface area contributed by atoms with Crippen LogP contribution < -0.4 is 0 Å². The molecule has 1 aromatic rings. The lowest BCUT2D eigenvalue weighted by Gasteiger charge is -2.26. The van der Waals surface area contributed by atoms with Crippen molar-refractivity contribution in [1.29, 1.82) is 0 Å². The minimum Gasteiger partial charge on any atom is -0.316 e. The Balaban J connectivity index is 0.000000755. The molecule has 0 heterocycles. The second-order valence-electron chi connectivity index (χ2n) is 9.43. The molecule has 1 nitrogen and oxygen atoms in total. The van der Waals surface area contributed by atoms with E-state index in [1.54, 1.807) is 0 Å². The molecule has 0 saturated carbocycles. The average Bonchev–Trinajstić information content (AvgIpc) is 2.85. The van der Waals surface area contributed by atoms with Crippen LogP contribution in [0.3, 0.4) is 0 Å². The first kappa shape index (κ1) is 33.9. The topological polar surface area (TPSA) is 3.24 Å². The molecule has 0 atom stereocenters. The molecule has 1 aromatic carbocycles. The van der Waals surface area contributed by atoms with Crippen molar-refractivity contribution in [1.82, 2.24) is 4.90 Å². The number of aryl methyl sites for hydroxylation is 2. The minimum atomic E-state index is 0.843. The smallest absolute Gasteiger partial charge is 0.0386 e. The SMILES string of the molecule is C=C(C)/C=C\C(=C)N(C(=C)/C=C\C(=C)C)/C(C)=C/C=C(C)C.C=Cc1c(C)ccccccc(C)c1C=C. The zero-order valence-corrected chi connectivity index (χ0v) is 24.8. The van der Waals surface area contributed by atoms with Gasteiger partial charge in [0, 0.05) is 17.1 Å². The Morgan fingerprint density at radius 1 is 0.605 bits per heavy atom. The van der Waals surface area contributed by atoms with Gasteiger partial charge in [-0.2, -0.15) is 0 Å². The van der Waals surface area contributed by atoms with Gasteiger partial charge in [0.1, 0.15) is 0 Å². The average molecular weight is 506 g/mol. The van der Waals surface area contributed by atoms with Gasteiger partial charge in [0.05, 0.1) is 0 Å². The Morgan fingerprint density at radius 3 is 1.32 bits per heavy atom. The number of hydrogen-bond acceptors (Lipinski definition) is 1. The Morgan fingerprint density at radius 2 is 1.00 bits per heavy atom. The van der Waals surface area contributed by atoms with Crippen molar-refractivity contribution in [3.63, 3.8) is 0 Å². The fourth-order valence-corrected chi connectivity index (χ4v) is 3.30. The second kappa shape index (κ2) is 18.2. The molecular formula is C37H47N. The molecule has 0 unspecified atom stereocenters. The maximum Gasteiger partial charge on any atom is 0.0386 e. The Bertz CT molecular complexity index is 1140. The van der Waals surface area contributed by atoms with E-state index in [-0.39, 0.29) is 0 Å². The predicted octanol–water partition coefficient (Wildman–Crippen LogP) is 11.2. The molecule has 38 heavy (non-hydrogen) atoms. The Kier molecular flexibility index (Phi) is 16.2. The highest BCUT2D eigenvalue weighted by Crippen LogP contribution is 2.21. The Labute approximate surface area is 233 Å². The number of allylic oxidation sites excluding steroid dienone is 10. The second-order valence-corrected chi connectivity index (χ2v) is 9.43. The molecule has 1 heteroatoms. The lowest BCUT2D eigenvalue weighted by atomic mass is 10.0. The minimum absolute atomic E-state index is 0.843. The summed E-state index contributed by atoms with van der Waals surface area (Å²) in [4.78, 5) is 2.01. The summed E-state index contributed by atoms with van der Waals surface area (Å²) in [5.74, 6) is 0. The normalized spacial score (nSPS) is 10.6. The monoisotopic (exact) mass is 505 g/mol. The van der Waals surface area contributed by atoms with Crippen LogP contribution in [0.2, 0.25) is 0 Å². The summed E-state index contributed by atoms with van der Waals surface area (Å²) in [6.07, 6.45) is 15.7. The van der Waals surface area contributed by atoms with Crippen molar-refractivity contribution < 1.29 is 0 Å². The molecular weight excluding hydrogens is 458 g/mol. The first-order chi connectivity index (χ1) is 17.8. The van der Waals surface area contributed by atoms with Gasteiger partial charge in [-0.3, -0.25) is 0 Å². The lowest BCUT2D eigenvalue weighted by Crippen LogP contribution is -2.17. The van der Waals surface area contributed by atoms with Gasteiger partial charge in [-0.25, -0.2) is 0 Å². The zero-order chi connectivity index (χ0) is 29.3. The molecule has 0 amide bonds. The van der Waals surface area contributed by atoms with Crippen molar-refractivity contribution in [3.8, 4) is 0 Å². The van der Waals surface area contributed by atoms with E-state index in [4.69, 9.17) is 0 Å². The summed E-state index contributed by atoms with van der Waals surface area (Å²) in [5, 5.41) is 0. The van der Waals surface area contributed by atoms with Gasteiger partial charge in [0.25, 0.3) is 0 Å². The van der Waals surface area contributed by atoms with Crippen LogP contribution in [0.4, 0.5) is 0 Å². The summed E-state index contributed by atoms with van der Waals surface area (Å²) in [6.45, 7) is 38.1. The van der Waals surface area contributed by atoms with Gasteiger partial charge in [-0.05, 0) is 88.9 Å². The highest BCUT2D eigenvalue weighted by Gasteiger charge is 2.09. The van der Waals surface area contributed by atoms with Gasteiger partial charge in [-0.1, -0.05) is 123 Å². The molecule has 0 aliphatic carbocycles. The van der Waals surface area contributed by atoms with Crippen LogP contribution in [0.1, 0.15) is 56.9 Å². The first-order valence-corrected chi connectivity index (χ1v) is 12.7. The van der Waals surface area contributed by atoms with E-state index < -0.39 is 0 Å². The van der Waals surface area contributed by atoms with Crippen molar-refractivity contribution in [2.45, 2.75) is 48.5 Å². The number of hydrogen-bond donors (Lipinski definition) is 0. The van der Waals surface area contributed by atoms with E-state index in [1.165, 1.54) is 16.7 Å². The molecule has 0 radical (unpaired) electrons. The summed E-state index contributed by atoms with van der Waals surface area (Å²) in [6, 6.07) is 12.3. The van der Waals surface area contributed by atoms with Gasteiger partial charge in [0.15, 0.2) is 0 Å². The van der Waals surface area contributed by atoms with Crippen LogP contribution in [0, 0.1) is 13.8 Å². The molecule has 200 valence electrons.